The maximum Gasteiger partial charge on any atom is 0.123 e. The highest BCUT2D eigenvalue weighted by Crippen LogP contribution is 2.30. The van der Waals surface area contributed by atoms with Crippen molar-refractivity contribution in [2.45, 2.75) is 18.5 Å². The van der Waals surface area contributed by atoms with Crippen molar-refractivity contribution in [2.75, 3.05) is 0 Å². The van der Waals surface area contributed by atoms with Gasteiger partial charge in [-0.25, -0.2) is 4.39 Å². The molecule has 0 amide bonds. The Kier molecular flexibility index (Phi) is 3.60. The third kappa shape index (κ3) is 2.34. The van der Waals surface area contributed by atoms with E-state index in [1.165, 1.54) is 12.1 Å². The molecule has 2 aromatic heterocycles. The fourth-order valence-corrected chi connectivity index (χ4v) is 2.60. The summed E-state index contributed by atoms with van der Waals surface area (Å²) in [7, 11) is 0. The molecular weight excluding hydrogens is 279 g/mol. The number of pyridine rings is 2. The lowest BCUT2D eigenvalue weighted by atomic mass is 9.79. The first kappa shape index (κ1) is 14.6. The number of nitrogens with two attached hydrogens (primary N) is 2. The van der Waals surface area contributed by atoms with Crippen LogP contribution in [0, 0.1) is 5.82 Å². The smallest absolute Gasteiger partial charge is 0.123 e. The molecule has 3 aromatic rings. The molecule has 0 spiro atoms. The predicted octanol–water partition coefficient (Wildman–Crippen LogP) is 2.32. The van der Waals surface area contributed by atoms with Crippen LogP contribution in [0.5, 0.6) is 0 Å². The highest BCUT2D eigenvalue weighted by Gasteiger charge is 2.34. The van der Waals surface area contributed by atoms with Gasteiger partial charge >= 0.3 is 0 Å². The van der Waals surface area contributed by atoms with Crippen LogP contribution in [0.15, 0.2) is 54.9 Å². The number of fused-ring (bicyclic) bond motifs is 1. The van der Waals surface area contributed by atoms with Gasteiger partial charge in [-0.15, -0.1) is 0 Å². The molecule has 0 aliphatic rings. The van der Waals surface area contributed by atoms with Crippen molar-refractivity contribution in [1.82, 2.24) is 9.97 Å². The molecule has 0 aliphatic carbocycles. The summed E-state index contributed by atoms with van der Waals surface area (Å²) in [5.41, 5.74) is 14.8. The second-order valence-corrected chi connectivity index (χ2v) is 5.43. The topological polar surface area (TPSA) is 77.8 Å². The molecule has 1 aromatic carbocycles. The molecule has 0 radical (unpaired) electrons. The zero-order chi connectivity index (χ0) is 15.7. The average Bonchev–Trinajstić information content (AvgIpc) is 2.54. The van der Waals surface area contributed by atoms with Crippen LogP contribution in [0.4, 0.5) is 4.39 Å². The molecule has 5 heteroatoms. The van der Waals surface area contributed by atoms with Gasteiger partial charge in [-0.1, -0.05) is 12.1 Å². The number of rotatable bonds is 3. The Morgan fingerprint density at radius 2 is 1.77 bits per heavy atom. The van der Waals surface area contributed by atoms with Crippen LogP contribution < -0.4 is 11.5 Å². The molecule has 0 saturated heterocycles. The third-order valence-corrected chi connectivity index (χ3v) is 3.97. The molecule has 0 saturated carbocycles. The number of nitrogens with zero attached hydrogens (tertiary/aromatic N) is 2. The van der Waals surface area contributed by atoms with Crippen molar-refractivity contribution in [1.29, 1.82) is 0 Å². The Morgan fingerprint density at radius 1 is 1.05 bits per heavy atom. The largest absolute Gasteiger partial charge is 0.326 e. The summed E-state index contributed by atoms with van der Waals surface area (Å²) >= 11 is 0. The number of hydrogen-bond acceptors (Lipinski definition) is 4. The van der Waals surface area contributed by atoms with Gasteiger partial charge in [-0.2, -0.15) is 0 Å². The summed E-state index contributed by atoms with van der Waals surface area (Å²) in [5, 5.41) is 0. The van der Waals surface area contributed by atoms with Crippen LogP contribution in [0.2, 0.25) is 0 Å². The maximum absolute atomic E-state index is 13.2. The fraction of sp³-hybridized carbons (Fsp3) is 0.176. The summed E-state index contributed by atoms with van der Waals surface area (Å²) < 4.78 is 13.2. The molecule has 3 rings (SSSR count). The number of aromatic nitrogens is 2. The van der Waals surface area contributed by atoms with Gasteiger partial charge in [0, 0.05) is 18.4 Å². The van der Waals surface area contributed by atoms with Crippen molar-refractivity contribution >= 4 is 11.0 Å². The molecule has 112 valence electrons. The molecule has 0 fully saturated rings. The normalized spacial score (nSPS) is 15.5. The first-order chi connectivity index (χ1) is 10.5. The van der Waals surface area contributed by atoms with E-state index in [4.69, 9.17) is 11.5 Å². The monoisotopic (exact) mass is 296 g/mol. The van der Waals surface area contributed by atoms with Crippen molar-refractivity contribution in [3.8, 4) is 0 Å². The van der Waals surface area contributed by atoms with Gasteiger partial charge in [0.25, 0.3) is 0 Å². The van der Waals surface area contributed by atoms with Crippen LogP contribution in [0.3, 0.4) is 0 Å². The van der Waals surface area contributed by atoms with Gasteiger partial charge in [-0.05, 0) is 48.4 Å². The third-order valence-electron chi connectivity index (χ3n) is 3.97. The maximum atomic E-state index is 13.2. The van der Waals surface area contributed by atoms with E-state index >= 15 is 0 Å². The van der Waals surface area contributed by atoms with Crippen LogP contribution >= 0.6 is 0 Å². The lowest BCUT2D eigenvalue weighted by Crippen LogP contribution is -2.51. The van der Waals surface area contributed by atoms with Crippen molar-refractivity contribution < 1.29 is 4.39 Å². The molecule has 4 N–H and O–H groups in total. The summed E-state index contributed by atoms with van der Waals surface area (Å²) in [6.07, 6.45) is 3.41. The Morgan fingerprint density at radius 3 is 2.45 bits per heavy atom. The van der Waals surface area contributed by atoms with Gasteiger partial charge in [0.2, 0.25) is 0 Å². The highest BCUT2D eigenvalue weighted by molar-refractivity contribution is 5.74. The Hall–Kier alpha value is -2.37. The van der Waals surface area contributed by atoms with Gasteiger partial charge in [0.05, 0.1) is 16.6 Å². The molecule has 2 unspecified atom stereocenters. The van der Waals surface area contributed by atoms with E-state index in [0.717, 1.165) is 22.2 Å². The number of benzene rings is 1. The first-order valence-electron chi connectivity index (χ1n) is 7.03. The molecular formula is C17H17FN4. The molecule has 0 bridgehead atoms. The van der Waals surface area contributed by atoms with E-state index in [2.05, 4.69) is 9.97 Å². The average molecular weight is 296 g/mol. The SMILES string of the molecule is CC(N)C(N)(c1ccc(F)cc1)c1cnc2cccnc2c1. The van der Waals surface area contributed by atoms with E-state index in [9.17, 15) is 4.39 Å². The van der Waals surface area contributed by atoms with Crippen molar-refractivity contribution in [2.24, 2.45) is 11.5 Å². The summed E-state index contributed by atoms with van der Waals surface area (Å²) in [6, 6.07) is 11.3. The number of hydrogen-bond donors (Lipinski definition) is 2. The summed E-state index contributed by atoms with van der Waals surface area (Å²) in [6.45, 7) is 1.83. The van der Waals surface area contributed by atoms with Gasteiger partial charge in [0.15, 0.2) is 0 Å². The lowest BCUT2D eigenvalue weighted by Gasteiger charge is -2.34. The van der Waals surface area contributed by atoms with Crippen LogP contribution in [-0.2, 0) is 5.54 Å². The zero-order valence-electron chi connectivity index (χ0n) is 12.2. The molecule has 4 nitrogen and oxygen atoms in total. The fourth-order valence-electron chi connectivity index (χ4n) is 2.60. The Bertz CT molecular complexity index is 801. The second kappa shape index (κ2) is 5.44. The molecule has 2 atom stereocenters. The van der Waals surface area contributed by atoms with E-state index < -0.39 is 5.54 Å². The van der Waals surface area contributed by atoms with Crippen LogP contribution in [-0.4, -0.2) is 16.0 Å². The number of halogens is 1. The van der Waals surface area contributed by atoms with Gasteiger partial charge in [-0.3, -0.25) is 9.97 Å². The predicted molar refractivity (Wildman–Crippen MR) is 84.6 cm³/mol. The molecule has 22 heavy (non-hydrogen) atoms. The van der Waals surface area contributed by atoms with Crippen LogP contribution in [0.1, 0.15) is 18.1 Å². The Balaban J connectivity index is 2.18. The minimum absolute atomic E-state index is 0.311. The first-order valence-corrected chi connectivity index (χ1v) is 7.03. The minimum Gasteiger partial charge on any atom is -0.326 e. The van der Waals surface area contributed by atoms with E-state index in [0.29, 0.717) is 0 Å². The van der Waals surface area contributed by atoms with E-state index in [-0.39, 0.29) is 11.9 Å². The minimum atomic E-state index is -0.966. The van der Waals surface area contributed by atoms with Crippen molar-refractivity contribution in [3.63, 3.8) is 0 Å². The van der Waals surface area contributed by atoms with Crippen LogP contribution in [0.25, 0.3) is 11.0 Å². The molecule has 0 aliphatic heterocycles. The van der Waals surface area contributed by atoms with Gasteiger partial charge in [0.1, 0.15) is 5.82 Å². The molecule has 2 heterocycles. The van der Waals surface area contributed by atoms with E-state index in [1.807, 2.05) is 25.1 Å². The zero-order valence-corrected chi connectivity index (χ0v) is 12.2. The summed E-state index contributed by atoms with van der Waals surface area (Å²) in [5.74, 6) is -0.311. The highest BCUT2D eigenvalue weighted by atomic mass is 19.1. The summed E-state index contributed by atoms with van der Waals surface area (Å²) in [4.78, 5) is 8.70. The van der Waals surface area contributed by atoms with E-state index in [1.54, 1.807) is 24.5 Å². The second-order valence-electron chi connectivity index (χ2n) is 5.43. The standard InChI is InChI=1S/C17H17FN4/c1-11(19)17(20,12-4-6-14(18)7-5-12)13-9-16-15(22-10-13)3-2-8-21-16/h2-11H,19-20H2,1H3. The Labute approximate surface area is 128 Å². The lowest BCUT2D eigenvalue weighted by molar-refractivity contribution is 0.444. The quantitative estimate of drug-likeness (QED) is 0.777. The van der Waals surface area contributed by atoms with Gasteiger partial charge < -0.3 is 11.5 Å². The van der Waals surface area contributed by atoms with Crippen molar-refractivity contribution in [3.05, 3.63) is 71.8 Å².